The topological polar surface area (TPSA) is 78.9 Å². The van der Waals surface area contributed by atoms with Crippen molar-refractivity contribution in [2.75, 3.05) is 19.8 Å². The molecule has 0 spiro atoms. The predicted octanol–water partition coefficient (Wildman–Crippen LogP) is -0.561. The molecule has 1 heterocycles. The lowest BCUT2D eigenvalue weighted by Crippen LogP contribution is -2.58. The highest BCUT2D eigenvalue weighted by molar-refractivity contribution is 5.83. The maximum atomic E-state index is 12.0. The molecule has 1 amide bonds. The van der Waals surface area contributed by atoms with E-state index < -0.39 is 18.1 Å². The molecule has 2 rings (SSSR count). The lowest BCUT2D eigenvalue weighted by atomic mass is 10.1. The SMILES string of the molecule is CC(C(=O)O)N1CCOCC1C(=O)NC1CC1. The number of nitrogens with zero attached hydrogens (tertiary/aromatic N) is 1. The molecular formula is C11H18N2O4. The zero-order chi connectivity index (χ0) is 12.4. The predicted molar refractivity (Wildman–Crippen MR) is 59.6 cm³/mol. The number of carboxylic acids is 1. The number of amides is 1. The summed E-state index contributed by atoms with van der Waals surface area (Å²) < 4.78 is 5.27. The van der Waals surface area contributed by atoms with Crippen molar-refractivity contribution in [2.45, 2.75) is 37.9 Å². The molecule has 0 radical (unpaired) electrons. The Morgan fingerprint density at radius 1 is 1.47 bits per heavy atom. The first kappa shape index (κ1) is 12.3. The van der Waals surface area contributed by atoms with Gasteiger partial charge in [0, 0.05) is 12.6 Å². The first-order valence-corrected chi connectivity index (χ1v) is 5.96. The monoisotopic (exact) mass is 242 g/mol. The maximum absolute atomic E-state index is 12.0. The first-order valence-electron chi connectivity index (χ1n) is 5.96. The summed E-state index contributed by atoms with van der Waals surface area (Å²) in [6.07, 6.45) is 2.04. The van der Waals surface area contributed by atoms with Crippen LogP contribution >= 0.6 is 0 Å². The van der Waals surface area contributed by atoms with Gasteiger partial charge in [-0.05, 0) is 19.8 Å². The Hall–Kier alpha value is -1.14. The van der Waals surface area contributed by atoms with E-state index in [0.717, 1.165) is 12.8 Å². The second-order valence-electron chi connectivity index (χ2n) is 4.63. The van der Waals surface area contributed by atoms with E-state index in [1.54, 1.807) is 11.8 Å². The van der Waals surface area contributed by atoms with Gasteiger partial charge in [-0.3, -0.25) is 14.5 Å². The molecular weight excluding hydrogens is 224 g/mol. The van der Waals surface area contributed by atoms with Gasteiger partial charge in [-0.2, -0.15) is 0 Å². The third-order valence-corrected chi connectivity index (χ3v) is 3.25. The number of ether oxygens (including phenoxy) is 1. The van der Waals surface area contributed by atoms with Crippen LogP contribution in [0.1, 0.15) is 19.8 Å². The second-order valence-corrected chi connectivity index (χ2v) is 4.63. The molecule has 6 nitrogen and oxygen atoms in total. The molecule has 2 N–H and O–H groups in total. The van der Waals surface area contributed by atoms with Crippen LogP contribution in [-0.2, 0) is 14.3 Å². The van der Waals surface area contributed by atoms with Crippen LogP contribution in [0.3, 0.4) is 0 Å². The van der Waals surface area contributed by atoms with Crippen molar-refractivity contribution in [1.82, 2.24) is 10.2 Å². The zero-order valence-electron chi connectivity index (χ0n) is 9.89. The fourth-order valence-electron chi connectivity index (χ4n) is 1.97. The number of carbonyl (C=O) groups excluding carboxylic acids is 1. The Morgan fingerprint density at radius 3 is 2.76 bits per heavy atom. The number of hydrogen-bond acceptors (Lipinski definition) is 4. The average Bonchev–Trinajstić information content (AvgIpc) is 3.11. The summed E-state index contributed by atoms with van der Waals surface area (Å²) in [4.78, 5) is 24.6. The molecule has 6 heteroatoms. The average molecular weight is 242 g/mol. The van der Waals surface area contributed by atoms with Crippen LogP contribution in [0.25, 0.3) is 0 Å². The number of aliphatic carboxylic acids is 1. The standard InChI is InChI=1S/C11H18N2O4/c1-7(11(15)16)13-4-5-17-6-9(13)10(14)12-8-2-3-8/h7-9H,2-6H2,1H3,(H,12,14)(H,15,16). The minimum Gasteiger partial charge on any atom is -0.480 e. The zero-order valence-corrected chi connectivity index (χ0v) is 9.89. The largest absolute Gasteiger partial charge is 0.480 e. The molecule has 2 atom stereocenters. The van der Waals surface area contributed by atoms with Crippen LogP contribution in [0, 0.1) is 0 Å². The Bertz CT molecular complexity index is 317. The van der Waals surface area contributed by atoms with Crippen molar-refractivity contribution in [3.63, 3.8) is 0 Å². The van der Waals surface area contributed by atoms with Crippen LogP contribution in [0.15, 0.2) is 0 Å². The van der Waals surface area contributed by atoms with Gasteiger partial charge in [0.15, 0.2) is 0 Å². The minimum absolute atomic E-state index is 0.111. The molecule has 0 aromatic rings. The van der Waals surface area contributed by atoms with Gasteiger partial charge >= 0.3 is 5.97 Å². The Balaban J connectivity index is 1.99. The molecule has 0 aromatic heterocycles. The fraction of sp³-hybridized carbons (Fsp3) is 0.818. The molecule has 0 bridgehead atoms. The lowest BCUT2D eigenvalue weighted by molar-refractivity contribution is -0.149. The van der Waals surface area contributed by atoms with Crippen molar-refractivity contribution >= 4 is 11.9 Å². The highest BCUT2D eigenvalue weighted by atomic mass is 16.5. The number of carbonyl (C=O) groups is 2. The van der Waals surface area contributed by atoms with Crippen LogP contribution < -0.4 is 5.32 Å². The summed E-state index contributed by atoms with van der Waals surface area (Å²) in [6.45, 7) is 2.84. The molecule has 1 saturated heterocycles. The molecule has 0 aromatic carbocycles. The summed E-state index contributed by atoms with van der Waals surface area (Å²) in [5.41, 5.74) is 0. The summed E-state index contributed by atoms with van der Waals surface area (Å²) in [7, 11) is 0. The van der Waals surface area contributed by atoms with E-state index in [4.69, 9.17) is 9.84 Å². The molecule has 1 aliphatic carbocycles. The van der Waals surface area contributed by atoms with Crippen molar-refractivity contribution in [1.29, 1.82) is 0 Å². The second kappa shape index (κ2) is 5.01. The van der Waals surface area contributed by atoms with Crippen LogP contribution in [0.5, 0.6) is 0 Å². The van der Waals surface area contributed by atoms with E-state index in [1.165, 1.54) is 0 Å². The van der Waals surface area contributed by atoms with Crippen LogP contribution in [-0.4, -0.2) is 59.8 Å². The van der Waals surface area contributed by atoms with E-state index in [1.807, 2.05) is 0 Å². The maximum Gasteiger partial charge on any atom is 0.320 e. The molecule has 17 heavy (non-hydrogen) atoms. The lowest BCUT2D eigenvalue weighted by Gasteiger charge is -2.36. The van der Waals surface area contributed by atoms with E-state index in [-0.39, 0.29) is 18.6 Å². The number of rotatable bonds is 4. The van der Waals surface area contributed by atoms with Crippen molar-refractivity contribution in [2.24, 2.45) is 0 Å². The smallest absolute Gasteiger partial charge is 0.320 e. The normalized spacial score (nSPS) is 27.5. The fourth-order valence-corrected chi connectivity index (χ4v) is 1.97. The minimum atomic E-state index is -0.906. The van der Waals surface area contributed by atoms with Gasteiger partial charge in [0.2, 0.25) is 5.91 Å². The highest BCUT2D eigenvalue weighted by Crippen LogP contribution is 2.20. The first-order chi connectivity index (χ1) is 8.09. The summed E-state index contributed by atoms with van der Waals surface area (Å²) >= 11 is 0. The molecule has 1 saturated carbocycles. The van der Waals surface area contributed by atoms with Gasteiger partial charge in [0.25, 0.3) is 0 Å². The van der Waals surface area contributed by atoms with Gasteiger partial charge in [-0.1, -0.05) is 0 Å². The summed E-state index contributed by atoms with van der Waals surface area (Å²) in [6, 6.07) is -0.851. The van der Waals surface area contributed by atoms with Crippen LogP contribution in [0.4, 0.5) is 0 Å². The van der Waals surface area contributed by atoms with E-state index >= 15 is 0 Å². The number of nitrogens with one attached hydrogen (secondary N) is 1. The number of hydrogen-bond donors (Lipinski definition) is 2. The van der Waals surface area contributed by atoms with Gasteiger partial charge < -0.3 is 15.2 Å². The molecule has 2 fully saturated rings. The number of morpholine rings is 1. The van der Waals surface area contributed by atoms with Crippen molar-refractivity contribution < 1.29 is 19.4 Å². The van der Waals surface area contributed by atoms with Crippen molar-refractivity contribution in [3.8, 4) is 0 Å². The Labute approximate surface area is 99.9 Å². The van der Waals surface area contributed by atoms with Crippen molar-refractivity contribution in [3.05, 3.63) is 0 Å². The highest BCUT2D eigenvalue weighted by Gasteiger charge is 2.37. The molecule has 96 valence electrons. The molecule has 1 aliphatic heterocycles. The number of carboxylic acid groups (broad SMARTS) is 1. The van der Waals surface area contributed by atoms with Gasteiger partial charge in [0.1, 0.15) is 12.1 Å². The summed E-state index contributed by atoms with van der Waals surface area (Å²) in [5.74, 6) is -1.02. The molecule has 2 unspecified atom stereocenters. The van der Waals surface area contributed by atoms with E-state index in [2.05, 4.69) is 5.32 Å². The Kier molecular flexibility index (Phi) is 3.63. The molecule has 2 aliphatic rings. The van der Waals surface area contributed by atoms with E-state index in [0.29, 0.717) is 13.2 Å². The Morgan fingerprint density at radius 2 is 2.18 bits per heavy atom. The van der Waals surface area contributed by atoms with Gasteiger partial charge in [0.05, 0.1) is 13.2 Å². The quantitative estimate of drug-likeness (QED) is 0.691. The van der Waals surface area contributed by atoms with Gasteiger partial charge in [-0.25, -0.2) is 0 Å². The third-order valence-electron chi connectivity index (χ3n) is 3.25. The van der Waals surface area contributed by atoms with E-state index in [9.17, 15) is 9.59 Å². The summed E-state index contributed by atoms with van der Waals surface area (Å²) in [5, 5.41) is 11.9. The van der Waals surface area contributed by atoms with Crippen LogP contribution in [0.2, 0.25) is 0 Å². The third kappa shape index (κ3) is 2.95. The van der Waals surface area contributed by atoms with Gasteiger partial charge in [-0.15, -0.1) is 0 Å².